The van der Waals surface area contributed by atoms with E-state index in [9.17, 15) is 0 Å². The summed E-state index contributed by atoms with van der Waals surface area (Å²) in [4.78, 5) is 0. The Hall–Kier alpha value is -3.42. The fourth-order valence-corrected chi connectivity index (χ4v) is 2.97. The van der Waals surface area contributed by atoms with Crippen molar-refractivity contribution < 1.29 is 9.47 Å². The summed E-state index contributed by atoms with van der Waals surface area (Å²) in [6.07, 6.45) is 0.815. The van der Waals surface area contributed by atoms with Crippen molar-refractivity contribution in [2.24, 2.45) is 5.10 Å². The zero-order valence-corrected chi connectivity index (χ0v) is 15.1. The molecule has 0 saturated heterocycles. The average molecular weight is 364 g/mol. The Kier molecular flexibility index (Phi) is 4.69. The lowest BCUT2D eigenvalue weighted by atomic mass is 9.98. The smallest absolute Gasteiger partial charge is 0.211 e. The zero-order valence-electron chi connectivity index (χ0n) is 15.1. The molecule has 2 N–H and O–H groups in total. The number of H-pyrrole nitrogens is 1. The number of nitrogens with one attached hydrogen (secondary N) is 2. The van der Waals surface area contributed by atoms with Crippen molar-refractivity contribution in [3.05, 3.63) is 65.0 Å². The number of ether oxygens (including phenoxy) is 2. The van der Waals surface area contributed by atoms with Crippen LogP contribution < -0.4 is 14.9 Å². The maximum Gasteiger partial charge on any atom is 0.211 e. The Balaban J connectivity index is 1.46. The number of nitrogens with zero attached hydrogens (tertiary/aromatic N) is 4. The molecule has 0 amide bonds. The number of tetrazole rings is 1. The maximum absolute atomic E-state index is 5.73. The highest BCUT2D eigenvalue weighted by Gasteiger charge is 2.22. The van der Waals surface area contributed by atoms with Gasteiger partial charge in [0.05, 0.1) is 18.9 Å². The lowest BCUT2D eigenvalue weighted by molar-refractivity contribution is 0.276. The van der Waals surface area contributed by atoms with E-state index in [1.165, 1.54) is 11.1 Å². The van der Waals surface area contributed by atoms with E-state index in [2.05, 4.69) is 62.3 Å². The number of hydrazone groups is 1. The molecule has 8 heteroatoms. The van der Waals surface area contributed by atoms with Crippen LogP contribution >= 0.6 is 0 Å². The van der Waals surface area contributed by atoms with Gasteiger partial charge in [-0.1, -0.05) is 35.0 Å². The molecule has 0 saturated carbocycles. The second-order valence-corrected chi connectivity index (χ2v) is 6.34. The third kappa shape index (κ3) is 3.74. The molecule has 1 atom stereocenters. The minimum atomic E-state index is 0.181. The number of aromatic nitrogens is 4. The standard InChI is InChI=1S/C19H20N6O2/c1-12-3-5-13(6-4-12)15-10-16(21-20-15)14-7-8-17(18(9-14)26-2)27-11-19-22-24-25-23-19/h3-9,15,20H,10-11H2,1-2H3,(H,22,23,24,25). The van der Waals surface area contributed by atoms with Crippen LogP contribution in [-0.4, -0.2) is 33.4 Å². The predicted molar refractivity (Wildman–Crippen MR) is 99.7 cm³/mol. The van der Waals surface area contributed by atoms with Gasteiger partial charge < -0.3 is 14.9 Å². The number of methoxy groups -OCH3 is 1. The van der Waals surface area contributed by atoms with Crippen molar-refractivity contribution in [3.8, 4) is 11.5 Å². The van der Waals surface area contributed by atoms with Gasteiger partial charge in [-0.05, 0) is 30.7 Å². The Morgan fingerprint density at radius 2 is 1.96 bits per heavy atom. The molecule has 1 unspecified atom stereocenters. The molecular weight excluding hydrogens is 344 g/mol. The van der Waals surface area contributed by atoms with Crippen LogP contribution in [0.5, 0.6) is 11.5 Å². The highest BCUT2D eigenvalue weighted by atomic mass is 16.5. The number of aryl methyl sites for hydroxylation is 1. The third-order valence-electron chi connectivity index (χ3n) is 4.48. The van der Waals surface area contributed by atoms with Gasteiger partial charge in [-0.2, -0.15) is 10.3 Å². The van der Waals surface area contributed by atoms with Crippen LogP contribution in [0.2, 0.25) is 0 Å². The fourth-order valence-electron chi connectivity index (χ4n) is 2.97. The minimum Gasteiger partial charge on any atom is -0.493 e. The van der Waals surface area contributed by atoms with E-state index in [0.29, 0.717) is 17.3 Å². The summed E-state index contributed by atoms with van der Waals surface area (Å²) in [5.74, 6) is 1.73. The first-order valence-electron chi connectivity index (χ1n) is 8.65. The summed E-state index contributed by atoms with van der Waals surface area (Å²) in [6.45, 7) is 2.30. The quantitative estimate of drug-likeness (QED) is 0.698. The van der Waals surface area contributed by atoms with Gasteiger partial charge >= 0.3 is 0 Å². The Labute approximate surface area is 156 Å². The minimum absolute atomic E-state index is 0.181. The average Bonchev–Trinajstić information content (AvgIpc) is 3.39. The Morgan fingerprint density at radius 1 is 1.11 bits per heavy atom. The molecule has 3 aromatic rings. The van der Waals surface area contributed by atoms with E-state index in [4.69, 9.17) is 9.47 Å². The van der Waals surface area contributed by atoms with Gasteiger partial charge in [-0.25, -0.2) is 0 Å². The SMILES string of the molecule is COc1cc(C2=NNC(c3ccc(C)cc3)C2)ccc1OCc1nn[nH]n1. The van der Waals surface area contributed by atoms with Crippen LogP contribution in [0.1, 0.15) is 35.0 Å². The number of aromatic amines is 1. The molecular formula is C19H20N6O2. The molecule has 0 spiro atoms. The Morgan fingerprint density at radius 3 is 2.70 bits per heavy atom. The van der Waals surface area contributed by atoms with Gasteiger partial charge in [0.15, 0.2) is 18.1 Å². The zero-order chi connectivity index (χ0) is 18.6. The normalized spacial score (nSPS) is 15.9. The van der Waals surface area contributed by atoms with Crippen LogP contribution in [0.25, 0.3) is 0 Å². The Bertz CT molecular complexity index is 937. The van der Waals surface area contributed by atoms with Gasteiger partial charge in [-0.3, -0.25) is 0 Å². The fraction of sp³-hybridized carbons (Fsp3) is 0.263. The summed E-state index contributed by atoms with van der Waals surface area (Å²) in [7, 11) is 1.62. The molecule has 2 heterocycles. The molecule has 138 valence electrons. The predicted octanol–water partition coefficient (Wildman–Crippen LogP) is 2.53. The molecule has 0 bridgehead atoms. The second kappa shape index (κ2) is 7.45. The number of rotatable bonds is 6. The van der Waals surface area contributed by atoms with Crippen LogP contribution in [0, 0.1) is 6.92 Å². The van der Waals surface area contributed by atoms with E-state index in [0.717, 1.165) is 17.7 Å². The third-order valence-corrected chi connectivity index (χ3v) is 4.48. The van der Waals surface area contributed by atoms with Crippen molar-refractivity contribution in [1.29, 1.82) is 0 Å². The molecule has 8 nitrogen and oxygen atoms in total. The summed E-state index contributed by atoms with van der Waals surface area (Å²) >= 11 is 0. The van der Waals surface area contributed by atoms with Gasteiger partial charge in [0.25, 0.3) is 0 Å². The number of benzene rings is 2. The van der Waals surface area contributed by atoms with Gasteiger partial charge in [0.1, 0.15) is 0 Å². The highest BCUT2D eigenvalue weighted by Crippen LogP contribution is 2.31. The summed E-state index contributed by atoms with van der Waals surface area (Å²) in [5, 5.41) is 18.2. The van der Waals surface area contributed by atoms with E-state index >= 15 is 0 Å². The van der Waals surface area contributed by atoms with E-state index in [1.54, 1.807) is 7.11 Å². The molecule has 0 fully saturated rings. The molecule has 1 aliphatic heterocycles. The first-order chi connectivity index (χ1) is 13.2. The van der Waals surface area contributed by atoms with Crippen molar-refractivity contribution in [1.82, 2.24) is 26.0 Å². The van der Waals surface area contributed by atoms with Gasteiger partial charge in [-0.15, -0.1) is 10.2 Å². The highest BCUT2D eigenvalue weighted by molar-refractivity contribution is 6.02. The topological polar surface area (TPSA) is 97.3 Å². The maximum atomic E-state index is 5.73. The molecule has 27 heavy (non-hydrogen) atoms. The van der Waals surface area contributed by atoms with Gasteiger partial charge in [0, 0.05) is 12.0 Å². The first-order valence-corrected chi connectivity index (χ1v) is 8.65. The summed E-state index contributed by atoms with van der Waals surface area (Å²) in [6, 6.07) is 14.5. The second-order valence-electron chi connectivity index (χ2n) is 6.34. The molecule has 0 radical (unpaired) electrons. The van der Waals surface area contributed by atoms with E-state index in [1.807, 2.05) is 18.2 Å². The molecule has 2 aromatic carbocycles. The lowest BCUT2D eigenvalue weighted by Crippen LogP contribution is -2.09. The van der Waals surface area contributed by atoms with Crippen molar-refractivity contribution in [2.45, 2.75) is 26.0 Å². The van der Waals surface area contributed by atoms with Crippen molar-refractivity contribution in [3.63, 3.8) is 0 Å². The number of hydrogen-bond acceptors (Lipinski definition) is 7. The number of hydrogen-bond donors (Lipinski definition) is 2. The molecule has 4 rings (SSSR count). The lowest BCUT2D eigenvalue weighted by Gasteiger charge is -2.12. The van der Waals surface area contributed by atoms with E-state index < -0.39 is 0 Å². The van der Waals surface area contributed by atoms with Crippen LogP contribution in [0.4, 0.5) is 0 Å². The molecule has 1 aliphatic rings. The van der Waals surface area contributed by atoms with Crippen molar-refractivity contribution in [2.75, 3.05) is 7.11 Å². The monoisotopic (exact) mass is 364 g/mol. The molecule has 1 aromatic heterocycles. The van der Waals surface area contributed by atoms with Crippen LogP contribution in [0.3, 0.4) is 0 Å². The summed E-state index contributed by atoms with van der Waals surface area (Å²) < 4.78 is 11.2. The van der Waals surface area contributed by atoms with Crippen molar-refractivity contribution >= 4 is 5.71 Å². The largest absolute Gasteiger partial charge is 0.493 e. The van der Waals surface area contributed by atoms with Crippen LogP contribution in [-0.2, 0) is 6.61 Å². The van der Waals surface area contributed by atoms with Gasteiger partial charge in [0.2, 0.25) is 5.82 Å². The summed E-state index contributed by atoms with van der Waals surface area (Å²) in [5.41, 5.74) is 7.69. The van der Waals surface area contributed by atoms with Crippen LogP contribution in [0.15, 0.2) is 47.6 Å². The first kappa shape index (κ1) is 17.0. The van der Waals surface area contributed by atoms with E-state index in [-0.39, 0.29) is 12.6 Å². The molecule has 0 aliphatic carbocycles.